The molecule has 8 heavy (non-hydrogen) atoms. The molecule has 0 unspecified atom stereocenters. The molecule has 0 aliphatic carbocycles. The Labute approximate surface area is 54.6 Å². The van der Waals surface area contributed by atoms with Crippen LogP contribution in [0.25, 0.3) is 0 Å². The molecule has 0 N–H and O–H groups in total. The van der Waals surface area contributed by atoms with Crippen LogP contribution in [-0.2, 0) is 13.3 Å². The number of hydrogen-bond donors (Lipinski definition) is 0. The molecule has 0 saturated carbocycles. The van der Waals surface area contributed by atoms with Crippen molar-refractivity contribution in [3.8, 4) is 0 Å². The summed E-state index contributed by atoms with van der Waals surface area (Å²) in [7, 11) is 1.65. The Morgan fingerprint density at radius 2 is 1.25 bits per heavy atom. The Morgan fingerprint density at radius 3 is 1.25 bits per heavy atom. The summed E-state index contributed by atoms with van der Waals surface area (Å²) < 4.78 is 14.1. The average molecular weight is 157 g/mol. The summed E-state index contributed by atoms with van der Waals surface area (Å²) in [4.78, 5) is 0. The maximum atomic E-state index is 5.56. The van der Waals surface area contributed by atoms with E-state index < -0.39 is 8.11 Å². The molecule has 0 radical (unpaired) electrons. The second-order valence-electron chi connectivity index (χ2n) is 1.09. The maximum absolute atomic E-state index is 5.56. The summed E-state index contributed by atoms with van der Waals surface area (Å²) in [6.45, 7) is 0. The molecule has 0 bridgehead atoms. The predicted octanol–water partition coefficient (Wildman–Crippen LogP) is 0.600. The second-order valence-corrected chi connectivity index (χ2v) is 4.67. The van der Waals surface area contributed by atoms with Gasteiger partial charge in [0.15, 0.2) is 0 Å². The summed E-state index contributed by atoms with van der Waals surface area (Å²) in [6, 6.07) is 0. The van der Waals surface area contributed by atoms with Crippen molar-refractivity contribution in [1.82, 2.24) is 0 Å². The molecule has 0 aromatic rings. The minimum absolute atomic E-state index is 1.45. The third-order valence-electron chi connectivity index (χ3n) is 0.731. The van der Waals surface area contributed by atoms with Crippen molar-refractivity contribution >= 4 is 19.2 Å². The Bertz CT molecular complexity index is 57.3. The SMILES string of the molecule is CO[Si](Cl)(OC)OC. The van der Waals surface area contributed by atoms with Crippen LogP contribution in [0, 0.1) is 0 Å². The largest absolute Gasteiger partial charge is 0.612 e. The molecule has 0 aliphatic heterocycles. The minimum Gasteiger partial charge on any atom is -0.365 e. The minimum atomic E-state index is -2.70. The lowest BCUT2D eigenvalue weighted by atomic mass is 11.8. The third kappa shape index (κ3) is 2.10. The van der Waals surface area contributed by atoms with Gasteiger partial charge in [-0.2, -0.15) is 0 Å². The molecule has 3 nitrogen and oxygen atoms in total. The fourth-order valence-electron chi connectivity index (χ4n) is 0.250. The molecule has 5 heteroatoms. The first-order chi connectivity index (χ1) is 3.68. The van der Waals surface area contributed by atoms with E-state index in [0.717, 1.165) is 0 Å². The van der Waals surface area contributed by atoms with E-state index in [1.165, 1.54) is 21.3 Å². The van der Waals surface area contributed by atoms with Gasteiger partial charge in [-0.1, -0.05) is 11.1 Å². The highest BCUT2D eigenvalue weighted by Crippen LogP contribution is 2.09. The van der Waals surface area contributed by atoms with Gasteiger partial charge in [0.05, 0.1) is 0 Å². The first-order valence-electron chi connectivity index (χ1n) is 2.03. The fraction of sp³-hybridized carbons (Fsp3) is 1.00. The van der Waals surface area contributed by atoms with Crippen molar-refractivity contribution in [1.29, 1.82) is 0 Å². The van der Waals surface area contributed by atoms with Gasteiger partial charge < -0.3 is 13.3 Å². The lowest BCUT2D eigenvalue weighted by Gasteiger charge is -2.14. The quantitative estimate of drug-likeness (QED) is 0.443. The van der Waals surface area contributed by atoms with Crippen LogP contribution in [0.4, 0.5) is 0 Å². The zero-order valence-corrected chi connectivity index (χ0v) is 6.86. The van der Waals surface area contributed by atoms with Crippen molar-refractivity contribution in [3.63, 3.8) is 0 Å². The first-order valence-corrected chi connectivity index (χ1v) is 4.76. The van der Waals surface area contributed by atoms with E-state index in [-0.39, 0.29) is 0 Å². The van der Waals surface area contributed by atoms with E-state index in [4.69, 9.17) is 24.4 Å². The van der Waals surface area contributed by atoms with Gasteiger partial charge in [0.2, 0.25) is 0 Å². The van der Waals surface area contributed by atoms with Crippen LogP contribution in [0.2, 0.25) is 0 Å². The first kappa shape index (κ1) is 8.39. The molecule has 0 spiro atoms. The van der Waals surface area contributed by atoms with Gasteiger partial charge in [-0.3, -0.25) is 0 Å². The molecule has 50 valence electrons. The topological polar surface area (TPSA) is 27.7 Å². The van der Waals surface area contributed by atoms with Gasteiger partial charge in [0, 0.05) is 21.3 Å². The van der Waals surface area contributed by atoms with E-state index in [1.807, 2.05) is 0 Å². The van der Waals surface area contributed by atoms with E-state index in [0.29, 0.717) is 0 Å². The molecule has 0 amide bonds. The van der Waals surface area contributed by atoms with Gasteiger partial charge >= 0.3 is 8.11 Å². The van der Waals surface area contributed by atoms with Crippen molar-refractivity contribution in [3.05, 3.63) is 0 Å². The number of hydrogen-bond acceptors (Lipinski definition) is 3. The normalized spacial score (nSPS) is 12.0. The Morgan fingerprint density at radius 1 is 1.00 bits per heavy atom. The monoisotopic (exact) mass is 156 g/mol. The zero-order valence-electron chi connectivity index (χ0n) is 5.10. The summed E-state index contributed by atoms with van der Waals surface area (Å²) in [6.07, 6.45) is 0. The van der Waals surface area contributed by atoms with Crippen molar-refractivity contribution in [2.24, 2.45) is 0 Å². The van der Waals surface area contributed by atoms with E-state index in [2.05, 4.69) is 0 Å². The molecule has 0 fully saturated rings. The lowest BCUT2D eigenvalue weighted by molar-refractivity contribution is 0.150. The lowest BCUT2D eigenvalue weighted by Crippen LogP contribution is -2.35. The summed E-state index contributed by atoms with van der Waals surface area (Å²) >= 11 is 5.56. The van der Waals surface area contributed by atoms with Gasteiger partial charge in [0.1, 0.15) is 0 Å². The Hall–Kier alpha value is 0.387. The Kier molecular flexibility index (Phi) is 3.59. The van der Waals surface area contributed by atoms with Crippen LogP contribution in [0.15, 0.2) is 0 Å². The summed E-state index contributed by atoms with van der Waals surface area (Å²) in [5.41, 5.74) is 0. The Balaban J connectivity index is 3.58. The summed E-state index contributed by atoms with van der Waals surface area (Å²) in [5.74, 6) is 0. The van der Waals surface area contributed by atoms with Crippen LogP contribution in [-0.4, -0.2) is 29.4 Å². The second kappa shape index (κ2) is 3.42. The van der Waals surface area contributed by atoms with Gasteiger partial charge in [0.25, 0.3) is 0 Å². The highest BCUT2D eigenvalue weighted by molar-refractivity contribution is 7.09. The van der Waals surface area contributed by atoms with E-state index in [1.54, 1.807) is 0 Å². The third-order valence-corrected chi connectivity index (χ3v) is 3.58. The molecule has 0 heterocycles. The maximum Gasteiger partial charge on any atom is 0.612 e. The van der Waals surface area contributed by atoms with Crippen molar-refractivity contribution in [2.75, 3.05) is 21.3 Å². The van der Waals surface area contributed by atoms with Crippen molar-refractivity contribution in [2.45, 2.75) is 0 Å². The van der Waals surface area contributed by atoms with Gasteiger partial charge in [-0.05, 0) is 0 Å². The van der Waals surface area contributed by atoms with Crippen LogP contribution in [0.3, 0.4) is 0 Å². The smallest absolute Gasteiger partial charge is 0.365 e. The van der Waals surface area contributed by atoms with E-state index >= 15 is 0 Å². The molecule has 0 aliphatic rings. The standard InChI is InChI=1S/C3H9ClO3Si/c1-5-8(4,6-2)7-3/h1-3H3. The van der Waals surface area contributed by atoms with Crippen LogP contribution < -0.4 is 0 Å². The molecule has 0 saturated heterocycles. The van der Waals surface area contributed by atoms with Crippen LogP contribution in [0.5, 0.6) is 0 Å². The molecule has 0 rings (SSSR count). The van der Waals surface area contributed by atoms with Crippen LogP contribution in [0.1, 0.15) is 0 Å². The highest BCUT2D eigenvalue weighted by atomic mass is 35.6. The molecular weight excluding hydrogens is 148 g/mol. The predicted molar refractivity (Wildman–Crippen MR) is 32.6 cm³/mol. The zero-order chi connectivity index (χ0) is 6.62. The molecule has 0 aromatic carbocycles. The average Bonchev–Trinajstić information content (AvgIpc) is 1.87. The van der Waals surface area contributed by atoms with E-state index in [9.17, 15) is 0 Å². The fourth-order valence-corrected chi connectivity index (χ4v) is 0.750. The number of halogens is 1. The number of rotatable bonds is 3. The molecular formula is C3H9ClO3Si. The van der Waals surface area contributed by atoms with Gasteiger partial charge in [-0.15, -0.1) is 0 Å². The summed E-state index contributed by atoms with van der Waals surface area (Å²) in [5, 5.41) is 0. The van der Waals surface area contributed by atoms with Gasteiger partial charge in [-0.25, -0.2) is 0 Å². The van der Waals surface area contributed by atoms with Crippen LogP contribution >= 0.6 is 11.1 Å². The molecule has 0 atom stereocenters. The highest BCUT2D eigenvalue weighted by Gasteiger charge is 2.35. The van der Waals surface area contributed by atoms with Crippen molar-refractivity contribution < 1.29 is 13.3 Å². The molecule has 0 aromatic heterocycles.